The normalized spacial score (nSPS) is 10.7. The number of amides is 1. The molecule has 1 aromatic heterocycles. The average molecular weight is 363 g/mol. The van der Waals surface area contributed by atoms with Gasteiger partial charge in [-0.2, -0.15) is 5.10 Å². The van der Waals surface area contributed by atoms with Crippen LogP contribution in [0.1, 0.15) is 16.1 Å². The van der Waals surface area contributed by atoms with Crippen LogP contribution in [0.25, 0.3) is 11.3 Å². The van der Waals surface area contributed by atoms with Crippen molar-refractivity contribution in [3.05, 3.63) is 78.1 Å². The van der Waals surface area contributed by atoms with Crippen molar-refractivity contribution in [2.45, 2.75) is 0 Å². The summed E-state index contributed by atoms with van der Waals surface area (Å²) in [5.41, 5.74) is 3.85. The summed E-state index contributed by atoms with van der Waals surface area (Å²) in [5.74, 6) is -0.540. The van der Waals surface area contributed by atoms with Gasteiger partial charge in [0.2, 0.25) is 0 Å². The van der Waals surface area contributed by atoms with Gasteiger partial charge in [0.25, 0.3) is 5.91 Å². The molecule has 3 aromatic rings. The van der Waals surface area contributed by atoms with Gasteiger partial charge in [-0.05, 0) is 30.3 Å². The number of carbonyl (C=O) groups is 2. The van der Waals surface area contributed by atoms with Gasteiger partial charge in [-0.3, -0.25) is 4.79 Å². The van der Waals surface area contributed by atoms with E-state index >= 15 is 0 Å². The summed E-state index contributed by atoms with van der Waals surface area (Å²) in [6, 6.07) is 19.2. The molecule has 0 radical (unpaired) electrons. The quantitative estimate of drug-likeness (QED) is 0.442. The maximum atomic E-state index is 11.8. The number of rotatable bonds is 7. The van der Waals surface area contributed by atoms with Crippen LogP contribution in [0.2, 0.25) is 0 Å². The number of carboxylic acids is 1. The van der Waals surface area contributed by atoms with Crippen molar-refractivity contribution >= 4 is 23.8 Å². The fourth-order valence-electron chi connectivity index (χ4n) is 2.40. The third-order valence-electron chi connectivity index (χ3n) is 3.66. The zero-order valence-electron chi connectivity index (χ0n) is 14.3. The number of anilines is 1. The number of hydrogen-bond acceptors (Lipinski definition) is 5. The van der Waals surface area contributed by atoms with Gasteiger partial charge >= 0.3 is 5.97 Å². The van der Waals surface area contributed by atoms with E-state index in [9.17, 15) is 14.7 Å². The van der Waals surface area contributed by atoms with Crippen LogP contribution in [-0.4, -0.2) is 29.7 Å². The third kappa shape index (κ3) is 4.82. The minimum Gasteiger partial charge on any atom is -0.478 e. The SMILES string of the molecule is O=C(CNc1ccccc1)N/N=C\c1ccc(-c2ccccc2C(=O)O)o1. The van der Waals surface area contributed by atoms with E-state index in [4.69, 9.17) is 4.42 Å². The lowest BCUT2D eigenvalue weighted by Crippen LogP contribution is -2.25. The Labute approximate surface area is 155 Å². The second-order valence-electron chi connectivity index (χ2n) is 5.57. The van der Waals surface area contributed by atoms with E-state index in [0.29, 0.717) is 17.1 Å². The molecule has 0 saturated heterocycles. The molecule has 1 amide bonds. The van der Waals surface area contributed by atoms with Crippen LogP contribution < -0.4 is 10.7 Å². The zero-order valence-corrected chi connectivity index (χ0v) is 14.3. The highest BCUT2D eigenvalue weighted by Gasteiger charge is 2.13. The molecule has 0 atom stereocenters. The molecule has 0 saturated carbocycles. The molecule has 3 rings (SSSR count). The van der Waals surface area contributed by atoms with Crippen molar-refractivity contribution < 1.29 is 19.1 Å². The summed E-state index contributed by atoms with van der Waals surface area (Å²) in [5, 5.41) is 16.1. The van der Waals surface area contributed by atoms with Gasteiger partial charge in [0, 0.05) is 11.3 Å². The number of carboxylic acid groups (broad SMARTS) is 1. The molecule has 0 aliphatic rings. The predicted molar refractivity (Wildman–Crippen MR) is 102 cm³/mol. The number of nitrogens with zero attached hydrogens (tertiary/aromatic N) is 1. The molecule has 0 fully saturated rings. The first-order valence-corrected chi connectivity index (χ1v) is 8.17. The minimum absolute atomic E-state index is 0.0801. The van der Waals surface area contributed by atoms with Crippen LogP contribution in [0.5, 0.6) is 0 Å². The summed E-state index contributed by atoms with van der Waals surface area (Å²) in [7, 11) is 0. The Morgan fingerprint density at radius 2 is 1.74 bits per heavy atom. The molecule has 2 aromatic carbocycles. The summed E-state index contributed by atoms with van der Waals surface area (Å²) in [6.07, 6.45) is 1.35. The molecule has 1 heterocycles. The molecular weight excluding hydrogens is 346 g/mol. The summed E-state index contributed by atoms with van der Waals surface area (Å²) in [6.45, 7) is 0.0801. The van der Waals surface area contributed by atoms with E-state index in [1.54, 1.807) is 30.3 Å². The summed E-state index contributed by atoms with van der Waals surface area (Å²) < 4.78 is 5.59. The Balaban J connectivity index is 1.58. The second kappa shape index (κ2) is 8.48. The lowest BCUT2D eigenvalue weighted by Gasteiger charge is -2.04. The van der Waals surface area contributed by atoms with Gasteiger partial charge in [0.05, 0.1) is 18.3 Å². The van der Waals surface area contributed by atoms with Crippen molar-refractivity contribution in [1.29, 1.82) is 0 Å². The Kier molecular flexibility index (Phi) is 5.64. The highest BCUT2D eigenvalue weighted by molar-refractivity contribution is 5.95. The molecule has 0 bridgehead atoms. The number of para-hydroxylation sites is 1. The lowest BCUT2D eigenvalue weighted by molar-refractivity contribution is -0.119. The molecule has 7 heteroatoms. The molecule has 27 heavy (non-hydrogen) atoms. The van der Waals surface area contributed by atoms with Gasteiger partial charge in [0.15, 0.2) is 0 Å². The smallest absolute Gasteiger partial charge is 0.336 e. The van der Waals surface area contributed by atoms with Crippen molar-refractivity contribution in [3.8, 4) is 11.3 Å². The number of aromatic carboxylic acids is 1. The molecule has 0 spiro atoms. The average Bonchev–Trinajstić information content (AvgIpc) is 3.16. The van der Waals surface area contributed by atoms with Gasteiger partial charge < -0.3 is 14.8 Å². The van der Waals surface area contributed by atoms with E-state index in [0.717, 1.165) is 5.69 Å². The second-order valence-corrected chi connectivity index (χ2v) is 5.57. The number of benzene rings is 2. The fourth-order valence-corrected chi connectivity index (χ4v) is 2.40. The van der Waals surface area contributed by atoms with E-state index in [1.807, 2.05) is 30.3 Å². The fraction of sp³-hybridized carbons (Fsp3) is 0.0500. The zero-order chi connectivity index (χ0) is 19.1. The number of hydrazone groups is 1. The Morgan fingerprint density at radius 1 is 1.00 bits per heavy atom. The topological polar surface area (TPSA) is 104 Å². The molecule has 3 N–H and O–H groups in total. The van der Waals surface area contributed by atoms with E-state index in [1.165, 1.54) is 12.3 Å². The molecule has 0 aliphatic heterocycles. The van der Waals surface area contributed by atoms with Gasteiger partial charge in [-0.1, -0.05) is 36.4 Å². The lowest BCUT2D eigenvalue weighted by atomic mass is 10.1. The highest BCUT2D eigenvalue weighted by atomic mass is 16.4. The molecule has 0 unspecified atom stereocenters. The molecule has 136 valence electrons. The molecular formula is C20H17N3O4. The monoisotopic (exact) mass is 363 g/mol. The van der Waals surface area contributed by atoms with Crippen molar-refractivity contribution in [2.75, 3.05) is 11.9 Å². The van der Waals surface area contributed by atoms with E-state index < -0.39 is 5.97 Å². The number of nitrogens with one attached hydrogen (secondary N) is 2. The van der Waals surface area contributed by atoms with Crippen LogP contribution >= 0.6 is 0 Å². The maximum absolute atomic E-state index is 11.8. The van der Waals surface area contributed by atoms with E-state index in [-0.39, 0.29) is 18.0 Å². The van der Waals surface area contributed by atoms with Crippen LogP contribution in [0.4, 0.5) is 5.69 Å². The van der Waals surface area contributed by atoms with Crippen LogP contribution in [0, 0.1) is 0 Å². The van der Waals surface area contributed by atoms with Crippen molar-refractivity contribution in [3.63, 3.8) is 0 Å². The number of carbonyl (C=O) groups excluding carboxylic acids is 1. The number of hydrogen-bond donors (Lipinski definition) is 3. The first-order chi connectivity index (χ1) is 13.1. The van der Waals surface area contributed by atoms with Crippen LogP contribution in [0.15, 0.2) is 76.2 Å². The van der Waals surface area contributed by atoms with E-state index in [2.05, 4.69) is 15.8 Å². The van der Waals surface area contributed by atoms with Gasteiger partial charge in [-0.15, -0.1) is 0 Å². The van der Waals surface area contributed by atoms with Gasteiger partial charge in [-0.25, -0.2) is 10.2 Å². The number of furan rings is 1. The van der Waals surface area contributed by atoms with Crippen LogP contribution in [-0.2, 0) is 4.79 Å². The Hall–Kier alpha value is -3.87. The first kappa shape index (κ1) is 17.9. The summed E-state index contributed by atoms with van der Waals surface area (Å²) >= 11 is 0. The largest absolute Gasteiger partial charge is 0.478 e. The first-order valence-electron chi connectivity index (χ1n) is 8.17. The minimum atomic E-state index is -1.03. The molecule has 0 aliphatic carbocycles. The standard InChI is InChI=1S/C20H17N3O4/c24-19(13-21-14-6-2-1-3-7-14)23-22-12-15-10-11-18(27-15)16-8-4-5-9-17(16)20(25)26/h1-12,21H,13H2,(H,23,24)(H,25,26)/b22-12-. The van der Waals surface area contributed by atoms with Crippen LogP contribution in [0.3, 0.4) is 0 Å². The van der Waals surface area contributed by atoms with Crippen molar-refractivity contribution in [1.82, 2.24) is 5.43 Å². The molecule has 7 nitrogen and oxygen atoms in total. The Morgan fingerprint density at radius 3 is 2.52 bits per heavy atom. The van der Waals surface area contributed by atoms with Gasteiger partial charge in [0.1, 0.15) is 11.5 Å². The third-order valence-corrected chi connectivity index (χ3v) is 3.66. The summed E-state index contributed by atoms with van der Waals surface area (Å²) in [4.78, 5) is 23.1. The highest BCUT2D eigenvalue weighted by Crippen LogP contribution is 2.25. The Bertz CT molecular complexity index is 964. The maximum Gasteiger partial charge on any atom is 0.336 e. The predicted octanol–water partition coefficient (Wildman–Crippen LogP) is 3.21. The van der Waals surface area contributed by atoms with Crippen molar-refractivity contribution in [2.24, 2.45) is 5.10 Å².